The Kier molecular flexibility index (Phi) is 5.10. The van der Waals surface area contributed by atoms with E-state index in [1.54, 1.807) is 0 Å². The van der Waals surface area contributed by atoms with Gasteiger partial charge in [-0.1, -0.05) is 41.6 Å². The predicted octanol–water partition coefficient (Wildman–Crippen LogP) is 2.86. The van der Waals surface area contributed by atoms with E-state index >= 15 is 0 Å². The molecule has 1 aromatic heterocycles. The highest BCUT2D eigenvalue weighted by molar-refractivity contribution is 6.58. The fourth-order valence-electron chi connectivity index (χ4n) is 3.29. The zero-order valence-corrected chi connectivity index (χ0v) is 15.2. The third-order valence-electron chi connectivity index (χ3n) is 4.68. The van der Waals surface area contributed by atoms with Gasteiger partial charge in [-0.25, -0.2) is 4.99 Å². The molecule has 0 bridgehead atoms. The molecule has 1 unspecified atom stereocenters. The van der Waals surface area contributed by atoms with Gasteiger partial charge in [-0.3, -0.25) is 0 Å². The maximum Gasteiger partial charge on any atom is 0.199 e. The number of aliphatic hydroxyl groups is 2. The van der Waals surface area contributed by atoms with Crippen LogP contribution < -0.4 is 0 Å². The van der Waals surface area contributed by atoms with Crippen molar-refractivity contribution in [1.29, 1.82) is 0 Å². The van der Waals surface area contributed by atoms with Crippen LogP contribution in [0.25, 0.3) is 10.9 Å². The van der Waals surface area contributed by atoms with Crippen molar-refractivity contribution >= 4 is 28.0 Å². The molecule has 7 heteroatoms. The second-order valence-corrected chi connectivity index (χ2v) is 6.62. The minimum atomic E-state index is -0.747. The lowest BCUT2D eigenvalue weighted by molar-refractivity contribution is 0.0717. The van der Waals surface area contributed by atoms with Crippen LogP contribution in [0.3, 0.4) is 0 Å². The normalized spacial score (nSPS) is 15.6. The second kappa shape index (κ2) is 7.84. The Bertz CT molecular complexity index is 1050. The number of nitrogens with one attached hydrogen (secondary N) is 1. The first-order valence-corrected chi connectivity index (χ1v) is 9.16. The van der Waals surface area contributed by atoms with Gasteiger partial charge in [0.25, 0.3) is 0 Å². The van der Waals surface area contributed by atoms with Crippen molar-refractivity contribution in [2.45, 2.75) is 18.9 Å². The molecule has 28 heavy (non-hydrogen) atoms. The molecule has 0 radical (unpaired) electrons. The molecular weight excluding hydrogens is 358 g/mol. The van der Waals surface area contributed by atoms with Crippen LogP contribution in [0.15, 0.2) is 58.7 Å². The number of hydrogen-bond donors (Lipinski definition) is 4. The van der Waals surface area contributed by atoms with Crippen LogP contribution in [0.4, 0.5) is 5.69 Å². The summed E-state index contributed by atoms with van der Waals surface area (Å²) in [6, 6.07) is 15.2. The SMILES string of the molecule is OCC(O)CCCO/N=C1/C(c2c(O)[nH]c3ccccc23)=Nc2ccccc21. The first kappa shape index (κ1) is 18.2. The Balaban J connectivity index is 1.66. The highest BCUT2D eigenvalue weighted by atomic mass is 16.6. The third-order valence-corrected chi connectivity index (χ3v) is 4.68. The molecule has 0 aliphatic carbocycles. The molecule has 2 heterocycles. The van der Waals surface area contributed by atoms with Gasteiger partial charge in [0, 0.05) is 16.5 Å². The van der Waals surface area contributed by atoms with Gasteiger partial charge in [-0.15, -0.1) is 0 Å². The summed E-state index contributed by atoms with van der Waals surface area (Å²) in [7, 11) is 0. The molecule has 0 saturated heterocycles. The molecular formula is C21H21N3O4. The number of fused-ring (bicyclic) bond motifs is 2. The van der Waals surface area contributed by atoms with E-state index in [4.69, 9.17) is 9.94 Å². The average molecular weight is 379 g/mol. The number of nitrogens with zero attached hydrogens (tertiary/aromatic N) is 2. The van der Waals surface area contributed by atoms with Crippen molar-refractivity contribution in [1.82, 2.24) is 4.98 Å². The van der Waals surface area contributed by atoms with Crippen molar-refractivity contribution in [3.05, 3.63) is 59.7 Å². The molecule has 4 rings (SSSR count). The van der Waals surface area contributed by atoms with Gasteiger partial charge >= 0.3 is 0 Å². The van der Waals surface area contributed by atoms with Gasteiger partial charge in [-0.2, -0.15) is 0 Å². The van der Waals surface area contributed by atoms with E-state index in [9.17, 15) is 10.2 Å². The van der Waals surface area contributed by atoms with Gasteiger partial charge < -0.3 is 25.1 Å². The quantitative estimate of drug-likeness (QED) is 0.374. The van der Waals surface area contributed by atoms with Crippen molar-refractivity contribution in [3.8, 4) is 5.88 Å². The molecule has 7 nitrogen and oxygen atoms in total. The zero-order valence-electron chi connectivity index (χ0n) is 15.2. The Hall–Kier alpha value is -3.16. The summed E-state index contributed by atoms with van der Waals surface area (Å²) in [5, 5.41) is 33.9. The average Bonchev–Trinajstić information content (AvgIpc) is 3.23. The summed E-state index contributed by atoms with van der Waals surface area (Å²) in [6.45, 7) is 0.0361. The Morgan fingerprint density at radius 1 is 1.11 bits per heavy atom. The monoisotopic (exact) mass is 379 g/mol. The van der Waals surface area contributed by atoms with Crippen LogP contribution in [0.5, 0.6) is 5.88 Å². The number of hydrogen-bond acceptors (Lipinski definition) is 6. The van der Waals surface area contributed by atoms with E-state index in [-0.39, 0.29) is 12.5 Å². The molecule has 1 atom stereocenters. The molecule has 1 aliphatic heterocycles. The largest absolute Gasteiger partial charge is 0.494 e. The van der Waals surface area contributed by atoms with E-state index in [1.807, 2.05) is 48.5 Å². The molecule has 0 fully saturated rings. The minimum absolute atomic E-state index is 0.0338. The number of aliphatic hydroxyl groups excluding tert-OH is 2. The molecule has 3 aromatic rings. The summed E-state index contributed by atoms with van der Waals surface area (Å²) in [6.07, 6.45) is 0.247. The fourth-order valence-corrected chi connectivity index (χ4v) is 3.29. The van der Waals surface area contributed by atoms with Crippen molar-refractivity contribution in [2.75, 3.05) is 13.2 Å². The lowest BCUT2D eigenvalue weighted by Gasteiger charge is -2.07. The van der Waals surface area contributed by atoms with Crippen LogP contribution >= 0.6 is 0 Å². The van der Waals surface area contributed by atoms with Gasteiger partial charge in [0.15, 0.2) is 5.88 Å². The van der Waals surface area contributed by atoms with Crippen LogP contribution in [-0.2, 0) is 4.84 Å². The maximum absolute atomic E-state index is 10.5. The van der Waals surface area contributed by atoms with Crippen LogP contribution in [0.1, 0.15) is 24.0 Å². The number of benzene rings is 2. The van der Waals surface area contributed by atoms with Gasteiger partial charge in [0.05, 0.1) is 24.0 Å². The topological polar surface area (TPSA) is 110 Å². The van der Waals surface area contributed by atoms with Crippen molar-refractivity contribution < 1.29 is 20.2 Å². The fraction of sp³-hybridized carbons (Fsp3) is 0.238. The van der Waals surface area contributed by atoms with Crippen LogP contribution in [0.2, 0.25) is 0 Å². The lowest BCUT2D eigenvalue weighted by atomic mass is 10.0. The van der Waals surface area contributed by atoms with E-state index in [2.05, 4.69) is 15.1 Å². The number of aromatic amines is 1. The third kappa shape index (κ3) is 3.37. The summed E-state index contributed by atoms with van der Waals surface area (Å²) in [5.74, 6) is 0.0338. The van der Waals surface area contributed by atoms with Crippen molar-refractivity contribution in [2.24, 2.45) is 10.1 Å². The number of oxime groups is 1. The van der Waals surface area contributed by atoms with E-state index in [0.717, 1.165) is 22.2 Å². The van der Waals surface area contributed by atoms with Gasteiger partial charge in [0.2, 0.25) is 0 Å². The first-order chi connectivity index (χ1) is 13.7. The Morgan fingerprint density at radius 3 is 2.75 bits per heavy atom. The number of aromatic nitrogens is 1. The van der Waals surface area contributed by atoms with E-state index < -0.39 is 6.10 Å². The molecule has 4 N–H and O–H groups in total. The standard InChI is InChI=1S/C21H21N3O4/c25-12-13(26)6-5-11-28-24-19-15-8-2-4-10-17(15)22-20(19)18-14-7-1-3-9-16(14)23-21(18)27/h1-4,7-10,13,23,25-27H,5-6,11-12H2/b24-19+. The van der Waals surface area contributed by atoms with E-state index in [0.29, 0.717) is 36.4 Å². The number of aromatic hydroxyl groups is 1. The number of para-hydroxylation sites is 2. The molecule has 2 aromatic carbocycles. The maximum atomic E-state index is 10.5. The first-order valence-electron chi connectivity index (χ1n) is 9.16. The summed E-state index contributed by atoms with van der Waals surface area (Å²) in [5.41, 5.74) is 4.10. The summed E-state index contributed by atoms with van der Waals surface area (Å²) >= 11 is 0. The van der Waals surface area contributed by atoms with E-state index in [1.165, 1.54) is 0 Å². The smallest absolute Gasteiger partial charge is 0.199 e. The molecule has 0 amide bonds. The molecule has 144 valence electrons. The zero-order chi connectivity index (χ0) is 19.5. The number of rotatable bonds is 7. The Labute approximate surface area is 161 Å². The van der Waals surface area contributed by atoms with Crippen LogP contribution in [0, 0.1) is 0 Å². The highest BCUT2D eigenvalue weighted by Crippen LogP contribution is 2.35. The summed E-state index contributed by atoms with van der Waals surface area (Å²) < 4.78 is 0. The van der Waals surface area contributed by atoms with Crippen molar-refractivity contribution in [3.63, 3.8) is 0 Å². The number of aliphatic imine (C=N–C) groups is 1. The van der Waals surface area contributed by atoms with Gasteiger partial charge in [0.1, 0.15) is 18.0 Å². The summed E-state index contributed by atoms with van der Waals surface area (Å²) in [4.78, 5) is 13.1. The number of H-pyrrole nitrogens is 1. The van der Waals surface area contributed by atoms with Gasteiger partial charge in [-0.05, 0) is 25.0 Å². The minimum Gasteiger partial charge on any atom is -0.494 e. The molecule has 1 aliphatic rings. The predicted molar refractivity (Wildman–Crippen MR) is 107 cm³/mol. The highest BCUT2D eigenvalue weighted by Gasteiger charge is 2.29. The Morgan fingerprint density at radius 2 is 1.89 bits per heavy atom. The van der Waals surface area contributed by atoms with Crippen LogP contribution in [-0.4, -0.2) is 51.0 Å². The molecule has 0 saturated carbocycles. The molecule has 0 spiro atoms. The lowest BCUT2D eigenvalue weighted by Crippen LogP contribution is -2.14. The second-order valence-electron chi connectivity index (χ2n) is 6.62.